The highest BCUT2D eigenvalue weighted by Gasteiger charge is 2.38. The normalized spacial score (nSPS) is 21.6. The largest absolute Gasteiger partial charge is 0.393 e. The molecule has 2 aromatic rings. The van der Waals surface area contributed by atoms with Crippen LogP contribution in [0.3, 0.4) is 0 Å². The first-order valence-electron chi connectivity index (χ1n) is 10.7. The molecule has 3 atom stereocenters. The fraction of sp³-hybridized carbons (Fsp3) is 0.500. The summed E-state index contributed by atoms with van der Waals surface area (Å²) in [7, 11) is 1.73. The highest BCUT2D eigenvalue weighted by Crippen LogP contribution is 2.30. The molecule has 0 radical (unpaired) electrons. The standard InChI is InChI=1S/C22H27BrFN5O3/c1-4-19(30)13-9-27(3)21(31)20-15-11-28(12(2)7-18(15)26-29(20)10-13)22(32)25-14-5-6-17(24)16(23)8-14/h5-6,8,12-13,19,30H,4,7,9-11H2,1-3H3,(H,25,32)/t12?,13?,19-/m1/s1. The lowest BCUT2D eigenvalue weighted by Gasteiger charge is -2.33. The third-order valence-electron chi connectivity index (χ3n) is 6.34. The minimum Gasteiger partial charge on any atom is -0.393 e. The van der Waals surface area contributed by atoms with Crippen LogP contribution in [0, 0.1) is 11.7 Å². The Bertz CT molecular complexity index is 1060. The van der Waals surface area contributed by atoms with E-state index < -0.39 is 11.9 Å². The van der Waals surface area contributed by atoms with E-state index in [9.17, 15) is 19.1 Å². The Hall–Kier alpha value is -2.46. The molecule has 1 aromatic heterocycles. The summed E-state index contributed by atoms with van der Waals surface area (Å²) < 4.78 is 15.5. The van der Waals surface area contributed by atoms with Gasteiger partial charge in [0, 0.05) is 49.8 Å². The van der Waals surface area contributed by atoms with Crippen molar-refractivity contribution in [3.8, 4) is 0 Å². The summed E-state index contributed by atoms with van der Waals surface area (Å²) in [6, 6.07) is 3.84. The maximum Gasteiger partial charge on any atom is 0.322 e. The van der Waals surface area contributed by atoms with Crippen molar-refractivity contribution in [3.63, 3.8) is 0 Å². The molecule has 8 nitrogen and oxygen atoms in total. The molecule has 4 rings (SSSR count). The fourth-order valence-corrected chi connectivity index (χ4v) is 4.86. The van der Waals surface area contributed by atoms with Crippen molar-refractivity contribution in [3.05, 3.63) is 45.4 Å². The lowest BCUT2D eigenvalue weighted by Crippen LogP contribution is -2.45. The van der Waals surface area contributed by atoms with E-state index in [0.717, 1.165) is 11.3 Å². The van der Waals surface area contributed by atoms with Gasteiger partial charge in [0.1, 0.15) is 11.5 Å². The summed E-state index contributed by atoms with van der Waals surface area (Å²) in [6.07, 6.45) is 0.607. The van der Waals surface area contributed by atoms with Gasteiger partial charge in [-0.3, -0.25) is 9.48 Å². The number of amides is 3. The number of aromatic nitrogens is 2. The minimum absolute atomic E-state index is 0.106. The first-order chi connectivity index (χ1) is 15.2. The third kappa shape index (κ3) is 4.13. The lowest BCUT2D eigenvalue weighted by molar-refractivity contribution is 0.0625. The van der Waals surface area contributed by atoms with E-state index in [2.05, 4.69) is 21.2 Å². The smallest absolute Gasteiger partial charge is 0.322 e. The summed E-state index contributed by atoms with van der Waals surface area (Å²) in [5.74, 6) is -0.664. The van der Waals surface area contributed by atoms with Crippen LogP contribution in [0.25, 0.3) is 0 Å². The van der Waals surface area contributed by atoms with Crippen molar-refractivity contribution in [1.82, 2.24) is 19.6 Å². The van der Waals surface area contributed by atoms with Crippen LogP contribution in [0.15, 0.2) is 22.7 Å². The molecule has 2 aliphatic rings. The molecule has 2 N–H and O–H groups in total. The van der Waals surface area contributed by atoms with E-state index in [1.807, 2.05) is 13.8 Å². The Morgan fingerprint density at radius 1 is 1.41 bits per heavy atom. The van der Waals surface area contributed by atoms with Gasteiger partial charge in [0.05, 0.1) is 22.8 Å². The zero-order chi connectivity index (χ0) is 23.2. The zero-order valence-corrected chi connectivity index (χ0v) is 19.9. The molecule has 2 unspecified atom stereocenters. The van der Waals surface area contributed by atoms with Gasteiger partial charge in [0.15, 0.2) is 0 Å². The predicted octanol–water partition coefficient (Wildman–Crippen LogP) is 3.24. The van der Waals surface area contributed by atoms with Gasteiger partial charge < -0.3 is 20.2 Å². The number of fused-ring (bicyclic) bond motifs is 3. The van der Waals surface area contributed by atoms with Crippen molar-refractivity contribution >= 4 is 33.6 Å². The molecule has 0 bridgehead atoms. The number of carbonyl (C=O) groups excluding carboxylic acids is 2. The molecule has 32 heavy (non-hydrogen) atoms. The molecular formula is C22H27BrFN5O3. The monoisotopic (exact) mass is 507 g/mol. The molecule has 0 saturated heterocycles. The Balaban J connectivity index is 1.61. The first-order valence-corrected chi connectivity index (χ1v) is 11.5. The van der Waals surface area contributed by atoms with Crippen LogP contribution >= 0.6 is 15.9 Å². The van der Waals surface area contributed by atoms with E-state index in [0.29, 0.717) is 37.3 Å². The number of nitrogens with zero attached hydrogens (tertiary/aromatic N) is 4. The number of hydrogen-bond donors (Lipinski definition) is 2. The van der Waals surface area contributed by atoms with Crippen molar-refractivity contribution < 1.29 is 19.1 Å². The molecule has 0 aliphatic carbocycles. The van der Waals surface area contributed by atoms with Crippen molar-refractivity contribution in [2.45, 2.75) is 51.9 Å². The van der Waals surface area contributed by atoms with E-state index in [4.69, 9.17) is 5.10 Å². The van der Waals surface area contributed by atoms with Crippen LogP contribution in [0.1, 0.15) is 42.0 Å². The van der Waals surface area contributed by atoms with Gasteiger partial charge in [-0.05, 0) is 47.5 Å². The second kappa shape index (κ2) is 8.82. The second-order valence-corrected chi connectivity index (χ2v) is 9.47. The van der Waals surface area contributed by atoms with Crippen LogP contribution in [0.2, 0.25) is 0 Å². The molecule has 1 aromatic carbocycles. The second-order valence-electron chi connectivity index (χ2n) is 8.62. The zero-order valence-electron chi connectivity index (χ0n) is 18.3. The van der Waals surface area contributed by atoms with Crippen LogP contribution in [-0.2, 0) is 19.5 Å². The van der Waals surface area contributed by atoms with E-state index >= 15 is 0 Å². The fourth-order valence-electron chi connectivity index (χ4n) is 4.48. The number of anilines is 1. The van der Waals surface area contributed by atoms with Gasteiger partial charge >= 0.3 is 6.03 Å². The van der Waals surface area contributed by atoms with Gasteiger partial charge in [-0.2, -0.15) is 5.10 Å². The van der Waals surface area contributed by atoms with Gasteiger partial charge in [0.25, 0.3) is 5.91 Å². The number of urea groups is 1. The maximum atomic E-state index is 13.5. The molecule has 0 saturated carbocycles. The molecule has 3 heterocycles. The number of aliphatic hydroxyl groups excluding tert-OH is 1. The SMILES string of the molecule is CC[C@@H](O)C1CN(C)C(=O)c2c3c(nn2C1)CC(C)N(C(=O)Nc1ccc(F)c(Br)c1)C3. The van der Waals surface area contributed by atoms with E-state index in [-0.39, 0.29) is 34.9 Å². The number of carbonyl (C=O) groups is 2. The minimum atomic E-state index is -0.520. The number of aliphatic hydroxyl groups is 1. The van der Waals surface area contributed by atoms with Gasteiger partial charge in [-0.15, -0.1) is 0 Å². The average Bonchev–Trinajstić information content (AvgIpc) is 3.04. The summed E-state index contributed by atoms with van der Waals surface area (Å²) in [6.45, 7) is 5.01. The molecule has 2 aliphatic heterocycles. The number of rotatable bonds is 3. The quantitative estimate of drug-likeness (QED) is 0.667. The molecule has 172 valence electrons. The molecule has 3 amide bonds. The number of hydrogen-bond acceptors (Lipinski definition) is 4. The summed E-state index contributed by atoms with van der Waals surface area (Å²) in [5, 5.41) is 17.9. The van der Waals surface area contributed by atoms with Gasteiger partial charge in [-0.25, -0.2) is 9.18 Å². The Kier molecular flexibility index (Phi) is 6.26. The van der Waals surface area contributed by atoms with E-state index in [1.165, 1.54) is 18.2 Å². The Labute approximate surface area is 194 Å². The van der Waals surface area contributed by atoms with Gasteiger partial charge in [0.2, 0.25) is 0 Å². The summed E-state index contributed by atoms with van der Waals surface area (Å²) in [4.78, 5) is 29.5. The van der Waals surface area contributed by atoms with Crippen molar-refractivity contribution in [1.29, 1.82) is 0 Å². The molecule has 0 fully saturated rings. The van der Waals surface area contributed by atoms with Crippen molar-refractivity contribution in [2.75, 3.05) is 18.9 Å². The van der Waals surface area contributed by atoms with Gasteiger partial charge in [-0.1, -0.05) is 6.92 Å². The van der Waals surface area contributed by atoms with Crippen molar-refractivity contribution in [2.24, 2.45) is 5.92 Å². The number of benzene rings is 1. The lowest BCUT2D eigenvalue weighted by atomic mass is 9.99. The summed E-state index contributed by atoms with van der Waals surface area (Å²) in [5.41, 5.74) is 2.53. The Morgan fingerprint density at radius 2 is 2.16 bits per heavy atom. The average molecular weight is 508 g/mol. The van der Waals surface area contributed by atoms with Crippen LogP contribution in [0.5, 0.6) is 0 Å². The Morgan fingerprint density at radius 3 is 2.84 bits per heavy atom. The number of halogens is 2. The first kappa shape index (κ1) is 22.7. The highest BCUT2D eigenvalue weighted by atomic mass is 79.9. The maximum absolute atomic E-state index is 13.5. The molecular weight excluding hydrogens is 481 g/mol. The molecule has 0 spiro atoms. The topological polar surface area (TPSA) is 90.7 Å². The van der Waals surface area contributed by atoms with E-state index in [1.54, 1.807) is 21.5 Å². The highest BCUT2D eigenvalue weighted by molar-refractivity contribution is 9.10. The van der Waals surface area contributed by atoms with Crippen LogP contribution < -0.4 is 5.32 Å². The number of nitrogens with one attached hydrogen (secondary N) is 1. The third-order valence-corrected chi connectivity index (χ3v) is 6.95. The predicted molar refractivity (Wildman–Crippen MR) is 121 cm³/mol. The molecule has 10 heteroatoms. The van der Waals surface area contributed by atoms with Crippen LogP contribution in [-0.4, -0.2) is 62.4 Å². The summed E-state index contributed by atoms with van der Waals surface area (Å²) >= 11 is 3.13. The van der Waals surface area contributed by atoms with Crippen LogP contribution in [0.4, 0.5) is 14.9 Å².